The molecule has 2 aromatic carbocycles. The smallest absolute Gasteiger partial charge is 0.145 e. The van der Waals surface area contributed by atoms with Crippen molar-refractivity contribution in [2.24, 2.45) is 0 Å². The van der Waals surface area contributed by atoms with E-state index in [4.69, 9.17) is 14.7 Å². The van der Waals surface area contributed by atoms with Gasteiger partial charge in [0.15, 0.2) is 0 Å². The zero-order valence-corrected chi connectivity index (χ0v) is 15.9. The Morgan fingerprint density at radius 1 is 1.00 bits per heavy atom. The van der Waals surface area contributed by atoms with Crippen molar-refractivity contribution in [3.8, 4) is 17.1 Å². The summed E-state index contributed by atoms with van der Waals surface area (Å²) < 4.78 is 5.47. The van der Waals surface area contributed by atoms with Gasteiger partial charge in [0.1, 0.15) is 17.1 Å². The van der Waals surface area contributed by atoms with Gasteiger partial charge < -0.3 is 9.72 Å². The average Bonchev–Trinajstić information content (AvgIpc) is 3.17. The molecule has 1 aliphatic rings. The van der Waals surface area contributed by atoms with Gasteiger partial charge in [-0.05, 0) is 12.1 Å². The molecule has 4 aromatic rings. The van der Waals surface area contributed by atoms with Crippen LogP contribution in [0.25, 0.3) is 22.3 Å². The molecule has 3 heterocycles. The molecule has 0 fully saturated rings. The summed E-state index contributed by atoms with van der Waals surface area (Å²) in [6.45, 7) is 2.66. The molecule has 0 unspecified atom stereocenters. The molecule has 5 heteroatoms. The second kappa shape index (κ2) is 7.09. The van der Waals surface area contributed by atoms with E-state index in [9.17, 15) is 0 Å². The maximum atomic E-state index is 5.47. The van der Waals surface area contributed by atoms with E-state index in [1.807, 2.05) is 30.3 Å². The molecular weight excluding hydrogens is 348 g/mol. The molecule has 0 bridgehead atoms. The van der Waals surface area contributed by atoms with Crippen LogP contribution in [0, 0.1) is 0 Å². The maximum Gasteiger partial charge on any atom is 0.145 e. The second-order valence-corrected chi connectivity index (χ2v) is 7.17. The Bertz CT molecular complexity index is 1120. The number of hydrogen-bond donors (Lipinski definition) is 1. The quantitative estimate of drug-likeness (QED) is 0.585. The minimum absolute atomic E-state index is 0.813. The number of nitrogens with one attached hydrogen (secondary N) is 1. The number of aromatic nitrogens is 3. The van der Waals surface area contributed by atoms with Gasteiger partial charge in [0, 0.05) is 37.0 Å². The SMILES string of the molecule is COc1cccc2ccc(CN3CCc4nc(-c5ccccc5)[nH]c4C3)nc12. The third-order valence-corrected chi connectivity index (χ3v) is 5.30. The Morgan fingerprint density at radius 3 is 2.75 bits per heavy atom. The molecule has 5 rings (SSSR count). The lowest BCUT2D eigenvalue weighted by Crippen LogP contribution is -2.30. The fourth-order valence-corrected chi connectivity index (χ4v) is 3.86. The normalized spacial score (nSPS) is 14.2. The molecule has 140 valence electrons. The van der Waals surface area contributed by atoms with Crippen molar-refractivity contribution in [1.29, 1.82) is 0 Å². The van der Waals surface area contributed by atoms with Gasteiger partial charge in [-0.3, -0.25) is 4.90 Å². The summed E-state index contributed by atoms with van der Waals surface area (Å²) in [5, 5.41) is 1.10. The summed E-state index contributed by atoms with van der Waals surface area (Å²) in [7, 11) is 1.69. The molecule has 1 aliphatic heterocycles. The van der Waals surface area contributed by atoms with E-state index in [1.165, 1.54) is 11.4 Å². The Labute approximate surface area is 164 Å². The van der Waals surface area contributed by atoms with Crippen LogP contribution >= 0.6 is 0 Å². The van der Waals surface area contributed by atoms with Crippen molar-refractivity contribution in [1.82, 2.24) is 19.9 Å². The van der Waals surface area contributed by atoms with Crippen molar-refractivity contribution >= 4 is 10.9 Å². The zero-order valence-electron chi connectivity index (χ0n) is 15.9. The predicted octanol–water partition coefficient (Wildman–Crippen LogP) is 4.19. The number of pyridine rings is 1. The Hall–Kier alpha value is -3.18. The highest BCUT2D eigenvalue weighted by Crippen LogP contribution is 2.26. The molecule has 5 nitrogen and oxygen atoms in total. The Morgan fingerprint density at radius 2 is 1.89 bits per heavy atom. The highest BCUT2D eigenvalue weighted by Gasteiger charge is 2.21. The van der Waals surface area contributed by atoms with Crippen molar-refractivity contribution < 1.29 is 4.74 Å². The molecular formula is C23H22N4O. The lowest BCUT2D eigenvalue weighted by Gasteiger charge is -2.25. The zero-order chi connectivity index (χ0) is 18.9. The molecule has 0 radical (unpaired) electrons. The van der Waals surface area contributed by atoms with E-state index in [1.54, 1.807) is 7.11 Å². The lowest BCUT2D eigenvalue weighted by molar-refractivity contribution is 0.239. The summed E-state index contributed by atoms with van der Waals surface area (Å²) in [5.74, 6) is 1.78. The van der Waals surface area contributed by atoms with Gasteiger partial charge in [0.05, 0.1) is 24.2 Å². The van der Waals surface area contributed by atoms with Gasteiger partial charge in [-0.2, -0.15) is 0 Å². The first kappa shape index (κ1) is 17.0. The molecule has 0 saturated heterocycles. The van der Waals surface area contributed by atoms with Gasteiger partial charge in [0.2, 0.25) is 0 Å². The van der Waals surface area contributed by atoms with Gasteiger partial charge in [0.25, 0.3) is 0 Å². The average molecular weight is 370 g/mol. The van der Waals surface area contributed by atoms with E-state index >= 15 is 0 Å². The summed E-state index contributed by atoms with van der Waals surface area (Å²) >= 11 is 0. The van der Waals surface area contributed by atoms with E-state index in [-0.39, 0.29) is 0 Å². The standard InChI is InChI=1S/C23H22N4O/c1-28-21-9-5-8-16-10-11-18(24-22(16)21)14-27-13-12-19-20(15-27)26-23(25-19)17-6-3-2-4-7-17/h2-11H,12-15H2,1H3,(H,25,26). The van der Waals surface area contributed by atoms with Crippen LogP contribution in [-0.2, 0) is 19.5 Å². The number of ether oxygens (including phenoxy) is 1. The van der Waals surface area contributed by atoms with Crippen LogP contribution < -0.4 is 4.74 Å². The van der Waals surface area contributed by atoms with E-state index in [0.29, 0.717) is 0 Å². The number of hydrogen-bond acceptors (Lipinski definition) is 4. The number of aromatic amines is 1. The first-order valence-corrected chi connectivity index (χ1v) is 9.58. The first-order valence-electron chi connectivity index (χ1n) is 9.58. The summed E-state index contributed by atoms with van der Waals surface area (Å²) in [6.07, 6.45) is 0.954. The van der Waals surface area contributed by atoms with E-state index in [2.05, 4.69) is 40.2 Å². The number of benzene rings is 2. The third-order valence-electron chi connectivity index (χ3n) is 5.30. The summed E-state index contributed by atoms with van der Waals surface area (Å²) in [6, 6.07) is 20.6. The number of nitrogens with zero attached hydrogens (tertiary/aromatic N) is 3. The Balaban J connectivity index is 1.37. The van der Waals surface area contributed by atoms with Crippen LogP contribution in [0.1, 0.15) is 17.1 Å². The molecule has 1 N–H and O–H groups in total. The number of rotatable bonds is 4. The van der Waals surface area contributed by atoms with Crippen molar-refractivity contribution in [2.75, 3.05) is 13.7 Å². The van der Waals surface area contributed by atoms with Crippen LogP contribution in [0.4, 0.5) is 0 Å². The fraction of sp³-hybridized carbons (Fsp3) is 0.217. The van der Waals surface area contributed by atoms with E-state index < -0.39 is 0 Å². The predicted molar refractivity (Wildman–Crippen MR) is 110 cm³/mol. The molecule has 0 spiro atoms. The van der Waals surface area contributed by atoms with Crippen molar-refractivity contribution in [2.45, 2.75) is 19.5 Å². The van der Waals surface area contributed by atoms with Gasteiger partial charge in [-0.15, -0.1) is 0 Å². The Kier molecular flexibility index (Phi) is 4.29. The maximum absolute atomic E-state index is 5.47. The lowest BCUT2D eigenvalue weighted by atomic mass is 10.1. The molecule has 0 aliphatic carbocycles. The number of imidazole rings is 1. The largest absolute Gasteiger partial charge is 0.494 e. The van der Waals surface area contributed by atoms with Crippen molar-refractivity contribution in [3.05, 3.63) is 77.7 Å². The molecule has 0 atom stereocenters. The topological polar surface area (TPSA) is 54.0 Å². The van der Waals surface area contributed by atoms with Crippen LogP contribution in [0.5, 0.6) is 5.75 Å². The second-order valence-electron chi connectivity index (χ2n) is 7.17. The monoisotopic (exact) mass is 370 g/mol. The van der Waals surface area contributed by atoms with Crippen molar-refractivity contribution in [3.63, 3.8) is 0 Å². The van der Waals surface area contributed by atoms with Gasteiger partial charge in [-0.25, -0.2) is 9.97 Å². The fourth-order valence-electron chi connectivity index (χ4n) is 3.86. The number of para-hydroxylation sites is 1. The summed E-state index contributed by atoms with van der Waals surface area (Å²) in [4.78, 5) is 15.6. The van der Waals surface area contributed by atoms with Gasteiger partial charge >= 0.3 is 0 Å². The minimum Gasteiger partial charge on any atom is -0.494 e. The highest BCUT2D eigenvalue weighted by molar-refractivity contribution is 5.84. The van der Waals surface area contributed by atoms with Gasteiger partial charge in [-0.1, -0.05) is 48.5 Å². The van der Waals surface area contributed by atoms with Crippen LogP contribution in [-0.4, -0.2) is 33.5 Å². The highest BCUT2D eigenvalue weighted by atomic mass is 16.5. The minimum atomic E-state index is 0.813. The third kappa shape index (κ3) is 3.14. The molecule has 28 heavy (non-hydrogen) atoms. The van der Waals surface area contributed by atoms with E-state index in [0.717, 1.165) is 59.8 Å². The number of fused-ring (bicyclic) bond motifs is 2. The first-order chi connectivity index (χ1) is 13.8. The summed E-state index contributed by atoms with van der Waals surface area (Å²) in [5.41, 5.74) is 5.51. The molecule has 0 saturated carbocycles. The number of methoxy groups -OCH3 is 1. The van der Waals surface area contributed by atoms with Crippen LogP contribution in [0.2, 0.25) is 0 Å². The number of H-pyrrole nitrogens is 1. The van der Waals surface area contributed by atoms with Crippen LogP contribution in [0.15, 0.2) is 60.7 Å². The molecule has 0 amide bonds. The van der Waals surface area contributed by atoms with Crippen LogP contribution in [0.3, 0.4) is 0 Å². The molecule has 2 aromatic heterocycles.